The first kappa shape index (κ1) is 13.4. The topological polar surface area (TPSA) is 57.6 Å². The van der Waals surface area contributed by atoms with Crippen LogP contribution in [0.5, 0.6) is 0 Å². The lowest BCUT2D eigenvalue weighted by Crippen LogP contribution is -2.33. The number of hydrogen-bond donors (Lipinski definition) is 1. The first-order chi connectivity index (χ1) is 8.01. The summed E-state index contributed by atoms with van der Waals surface area (Å²) < 4.78 is 13.2. The molecule has 1 unspecified atom stereocenters. The minimum atomic E-state index is -1.22. The van der Waals surface area contributed by atoms with Gasteiger partial charge in [-0.3, -0.25) is 4.79 Å². The molecule has 0 aliphatic heterocycles. The highest BCUT2D eigenvalue weighted by molar-refractivity contribution is 6.30. The molecule has 0 radical (unpaired) electrons. The van der Waals surface area contributed by atoms with E-state index in [2.05, 4.69) is 0 Å². The maximum atomic E-state index is 13.2. The van der Waals surface area contributed by atoms with Gasteiger partial charge in [0.25, 0.3) is 0 Å². The quantitative estimate of drug-likeness (QED) is 0.824. The normalized spacial score (nSPS) is 11.9. The van der Waals surface area contributed by atoms with Crippen molar-refractivity contribution in [3.05, 3.63) is 34.6 Å². The van der Waals surface area contributed by atoms with Crippen LogP contribution in [-0.4, -0.2) is 28.9 Å². The number of carboxylic acid groups (broad SMARTS) is 1. The number of hydrogen-bond acceptors (Lipinski definition) is 2. The fraction of sp³-hybridized carbons (Fsp3) is 0.273. The maximum Gasteiger partial charge on any atom is 0.331 e. The Morgan fingerprint density at radius 2 is 2.29 bits per heavy atom. The third-order valence-corrected chi connectivity index (χ3v) is 2.63. The Morgan fingerprint density at radius 1 is 1.65 bits per heavy atom. The second-order valence-corrected chi connectivity index (χ2v) is 3.76. The van der Waals surface area contributed by atoms with Gasteiger partial charge >= 0.3 is 5.97 Å². The lowest BCUT2D eigenvalue weighted by molar-refractivity contribution is -0.146. The second kappa shape index (κ2) is 5.63. The minimum Gasteiger partial charge on any atom is -0.479 e. The van der Waals surface area contributed by atoms with E-state index in [1.165, 1.54) is 12.1 Å². The molecule has 6 heteroatoms. The summed E-state index contributed by atoms with van der Waals surface area (Å²) in [5.74, 6) is -1.93. The highest BCUT2D eigenvalue weighted by Crippen LogP contribution is 2.24. The molecule has 0 saturated carbocycles. The van der Waals surface area contributed by atoms with Crippen LogP contribution in [0.15, 0.2) is 18.2 Å². The number of amides is 1. The number of benzene rings is 1. The number of halogens is 2. The van der Waals surface area contributed by atoms with Crippen molar-refractivity contribution < 1.29 is 19.1 Å². The summed E-state index contributed by atoms with van der Waals surface area (Å²) in [6.45, 7) is 1.85. The molecule has 0 aliphatic carbocycles. The van der Waals surface area contributed by atoms with Gasteiger partial charge < -0.3 is 10.0 Å². The first-order valence-corrected chi connectivity index (χ1v) is 5.27. The molecule has 1 aromatic rings. The summed E-state index contributed by atoms with van der Waals surface area (Å²) >= 11 is 5.51. The van der Waals surface area contributed by atoms with Gasteiger partial charge in [0, 0.05) is 6.54 Å². The van der Waals surface area contributed by atoms with E-state index in [4.69, 9.17) is 16.7 Å². The molecule has 0 heterocycles. The van der Waals surface area contributed by atoms with Gasteiger partial charge in [-0.05, 0) is 24.6 Å². The third kappa shape index (κ3) is 2.94. The molecular formula is C11H11ClFNO3. The molecule has 92 valence electrons. The lowest BCUT2D eigenvalue weighted by Gasteiger charge is -2.23. The SMILES string of the molecule is CCN(C=O)C(C(=O)O)c1ccc(Cl)c(F)c1. The lowest BCUT2D eigenvalue weighted by atomic mass is 10.1. The van der Waals surface area contributed by atoms with Crippen LogP contribution >= 0.6 is 11.6 Å². The van der Waals surface area contributed by atoms with Gasteiger partial charge in [0.05, 0.1) is 5.02 Å². The molecule has 1 atom stereocenters. The predicted molar refractivity (Wildman–Crippen MR) is 60.2 cm³/mol. The van der Waals surface area contributed by atoms with E-state index in [1.807, 2.05) is 0 Å². The van der Waals surface area contributed by atoms with Crippen LogP contribution in [0.4, 0.5) is 4.39 Å². The molecule has 0 aromatic heterocycles. The van der Waals surface area contributed by atoms with Crippen LogP contribution in [0.25, 0.3) is 0 Å². The van der Waals surface area contributed by atoms with Gasteiger partial charge in [-0.25, -0.2) is 9.18 Å². The van der Waals surface area contributed by atoms with Crippen LogP contribution in [-0.2, 0) is 9.59 Å². The van der Waals surface area contributed by atoms with Crippen LogP contribution in [0.2, 0.25) is 5.02 Å². The van der Waals surface area contributed by atoms with Crippen molar-refractivity contribution in [1.82, 2.24) is 4.90 Å². The Bertz CT molecular complexity index is 439. The molecule has 0 bridgehead atoms. The molecule has 0 fully saturated rings. The highest BCUT2D eigenvalue weighted by Gasteiger charge is 2.26. The summed E-state index contributed by atoms with van der Waals surface area (Å²) in [4.78, 5) is 22.9. The van der Waals surface area contributed by atoms with E-state index in [0.29, 0.717) is 6.41 Å². The Hall–Kier alpha value is -1.62. The van der Waals surface area contributed by atoms with Crippen molar-refractivity contribution in [2.24, 2.45) is 0 Å². The fourth-order valence-corrected chi connectivity index (χ4v) is 1.59. The maximum absolute atomic E-state index is 13.2. The monoisotopic (exact) mass is 259 g/mol. The van der Waals surface area contributed by atoms with Crippen molar-refractivity contribution in [2.45, 2.75) is 13.0 Å². The van der Waals surface area contributed by atoms with Gasteiger partial charge in [0.15, 0.2) is 6.04 Å². The van der Waals surface area contributed by atoms with Crippen molar-refractivity contribution in [2.75, 3.05) is 6.54 Å². The van der Waals surface area contributed by atoms with Gasteiger partial charge in [-0.15, -0.1) is 0 Å². The van der Waals surface area contributed by atoms with Crippen LogP contribution in [0.1, 0.15) is 18.5 Å². The number of carboxylic acids is 1. The average molecular weight is 260 g/mol. The number of likely N-dealkylation sites (N-methyl/N-ethyl adjacent to an activating group) is 1. The minimum absolute atomic E-state index is 0.0907. The molecule has 0 saturated heterocycles. The van der Waals surface area contributed by atoms with E-state index in [1.54, 1.807) is 6.92 Å². The summed E-state index contributed by atoms with van der Waals surface area (Å²) in [7, 11) is 0. The number of carbonyl (C=O) groups is 2. The zero-order valence-corrected chi connectivity index (χ0v) is 9.82. The van der Waals surface area contributed by atoms with E-state index < -0.39 is 17.8 Å². The third-order valence-electron chi connectivity index (χ3n) is 2.33. The summed E-state index contributed by atoms with van der Waals surface area (Å²) in [5.41, 5.74) is 0.174. The van der Waals surface area contributed by atoms with Crippen LogP contribution in [0, 0.1) is 5.82 Å². The second-order valence-electron chi connectivity index (χ2n) is 3.35. The molecule has 17 heavy (non-hydrogen) atoms. The van der Waals surface area contributed by atoms with E-state index >= 15 is 0 Å². The van der Waals surface area contributed by atoms with E-state index in [0.717, 1.165) is 11.0 Å². The van der Waals surface area contributed by atoms with Crippen molar-refractivity contribution in [3.8, 4) is 0 Å². The molecule has 1 rings (SSSR count). The molecule has 0 spiro atoms. The van der Waals surface area contributed by atoms with Crippen molar-refractivity contribution in [3.63, 3.8) is 0 Å². The zero-order valence-electron chi connectivity index (χ0n) is 9.06. The van der Waals surface area contributed by atoms with E-state index in [9.17, 15) is 14.0 Å². The number of carbonyl (C=O) groups excluding carboxylic acids is 1. The smallest absolute Gasteiger partial charge is 0.331 e. The standard InChI is InChI=1S/C11H11ClFNO3/c1-2-14(6-15)10(11(16)17)7-3-4-8(12)9(13)5-7/h3-6,10H,2H2,1H3,(H,16,17). The molecule has 0 aliphatic rings. The van der Waals surface area contributed by atoms with Crippen molar-refractivity contribution in [1.29, 1.82) is 0 Å². The summed E-state index contributed by atoms with van der Waals surface area (Å²) in [6, 6.07) is 2.47. The number of nitrogens with zero attached hydrogens (tertiary/aromatic N) is 1. The molecule has 1 amide bonds. The Balaban J connectivity index is 3.18. The van der Waals surface area contributed by atoms with Crippen LogP contribution < -0.4 is 0 Å². The molecule has 4 nitrogen and oxygen atoms in total. The zero-order chi connectivity index (χ0) is 13.0. The molecule has 1 aromatic carbocycles. The van der Waals surface area contributed by atoms with E-state index in [-0.39, 0.29) is 17.1 Å². The fourth-order valence-electron chi connectivity index (χ4n) is 1.48. The van der Waals surface area contributed by atoms with Gasteiger partial charge in [-0.1, -0.05) is 17.7 Å². The summed E-state index contributed by atoms with van der Waals surface area (Å²) in [6.07, 6.45) is 0.422. The van der Waals surface area contributed by atoms with Gasteiger partial charge in [0.2, 0.25) is 6.41 Å². The largest absolute Gasteiger partial charge is 0.479 e. The average Bonchev–Trinajstić information content (AvgIpc) is 2.29. The predicted octanol–water partition coefficient (Wildman–Crippen LogP) is 2.08. The molecule has 1 N–H and O–H groups in total. The summed E-state index contributed by atoms with van der Waals surface area (Å²) in [5, 5.41) is 8.97. The molecular weight excluding hydrogens is 249 g/mol. The van der Waals surface area contributed by atoms with Gasteiger partial charge in [0.1, 0.15) is 5.82 Å². The van der Waals surface area contributed by atoms with Crippen LogP contribution in [0.3, 0.4) is 0 Å². The highest BCUT2D eigenvalue weighted by atomic mass is 35.5. The Morgan fingerprint density at radius 3 is 2.71 bits per heavy atom. The number of rotatable bonds is 5. The van der Waals surface area contributed by atoms with Crippen molar-refractivity contribution >= 4 is 24.0 Å². The Labute approximate surface area is 103 Å². The number of aliphatic carboxylic acids is 1. The first-order valence-electron chi connectivity index (χ1n) is 4.90. The Kier molecular flexibility index (Phi) is 4.45. The van der Waals surface area contributed by atoms with Gasteiger partial charge in [-0.2, -0.15) is 0 Å².